The number of carbonyl (C=O) groups excluding carboxylic acids is 3. The summed E-state index contributed by atoms with van der Waals surface area (Å²) in [5.41, 5.74) is 2.37. The van der Waals surface area contributed by atoms with E-state index in [1.807, 2.05) is 19.1 Å². The molecule has 2 aromatic rings. The van der Waals surface area contributed by atoms with E-state index in [0.717, 1.165) is 15.6 Å². The van der Waals surface area contributed by atoms with E-state index >= 15 is 0 Å². The van der Waals surface area contributed by atoms with Crippen molar-refractivity contribution in [1.82, 2.24) is 16.0 Å². The number of rotatable bonds is 8. The van der Waals surface area contributed by atoms with Crippen LogP contribution in [-0.4, -0.2) is 30.9 Å². The molecule has 0 unspecified atom stereocenters. The molecule has 0 radical (unpaired) electrons. The summed E-state index contributed by atoms with van der Waals surface area (Å²) in [6.07, 6.45) is 0.106. The van der Waals surface area contributed by atoms with Gasteiger partial charge in [0.15, 0.2) is 0 Å². The fourth-order valence-corrected chi connectivity index (χ4v) is 2.69. The minimum Gasteiger partial charge on any atom is -0.354 e. The zero-order chi connectivity index (χ0) is 21.2. The van der Waals surface area contributed by atoms with E-state index in [4.69, 9.17) is 0 Å². The Kier molecular flexibility index (Phi) is 8.60. The average Bonchev–Trinajstić information content (AvgIpc) is 2.68. The van der Waals surface area contributed by atoms with Crippen LogP contribution in [0.15, 0.2) is 46.9 Å². The van der Waals surface area contributed by atoms with E-state index in [9.17, 15) is 18.8 Å². The van der Waals surface area contributed by atoms with Gasteiger partial charge in [-0.15, -0.1) is 0 Å². The molecule has 154 valence electrons. The predicted molar refractivity (Wildman–Crippen MR) is 112 cm³/mol. The van der Waals surface area contributed by atoms with Crippen molar-refractivity contribution >= 4 is 39.5 Å². The van der Waals surface area contributed by atoms with Crippen LogP contribution in [0.1, 0.15) is 17.5 Å². The van der Waals surface area contributed by atoms with Crippen molar-refractivity contribution in [3.8, 4) is 0 Å². The van der Waals surface area contributed by atoms with Gasteiger partial charge >= 0.3 is 6.03 Å². The molecule has 0 heterocycles. The highest BCUT2D eigenvalue weighted by Gasteiger charge is 2.08. The molecule has 0 saturated heterocycles. The summed E-state index contributed by atoms with van der Waals surface area (Å²) >= 11 is 3.35. The third kappa shape index (κ3) is 8.30. The van der Waals surface area contributed by atoms with Crippen LogP contribution in [0.2, 0.25) is 0 Å². The quantitative estimate of drug-likeness (QED) is 0.483. The largest absolute Gasteiger partial charge is 0.354 e. The highest BCUT2D eigenvalue weighted by Crippen LogP contribution is 2.20. The molecule has 7 nitrogen and oxygen atoms in total. The Balaban J connectivity index is 1.61. The number of anilines is 1. The van der Waals surface area contributed by atoms with Crippen LogP contribution in [0.25, 0.3) is 0 Å². The lowest BCUT2D eigenvalue weighted by atomic mass is 10.2. The summed E-state index contributed by atoms with van der Waals surface area (Å²) in [5.74, 6) is -0.986. The summed E-state index contributed by atoms with van der Waals surface area (Å²) in [6.45, 7) is 2.03. The maximum atomic E-state index is 12.8. The Hall–Kier alpha value is -2.94. The van der Waals surface area contributed by atoms with Gasteiger partial charge in [0.25, 0.3) is 0 Å². The Labute approximate surface area is 176 Å². The van der Waals surface area contributed by atoms with E-state index < -0.39 is 11.9 Å². The molecule has 0 fully saturated rings. The molecule has 0 atom stereocenters. The van der Waals surface area contributed by atoms with Crippen molar-refractivity contribution < 1.29 is 18.8 Å². The monoisotopic (exact) mass is 464 g/mol. The SMILES string of the molecule is Cc1ccc(Br)cc1NC(=O)CCNC(=O)CNC(=O)NCc1ccc(F)cc1. The first-order valence-corrected chi connectivity index (χ1v) is 9.71. The molecule has 0 aliphatic carbocycles. The van der Waals surface area contributed by atoms with Crippen LogP contribution in [-0.2, 0) is 16.1 Å². The molecule has 0 saturated carbocycles. The molecular weight excluding hydrogens is 443 g/mol. The van der Waals surface area contributed by atoms with E-state index in [1.165, 1.54) is 12.1 Å². The summed E-state index contributed by atoms with van der Waals surface area (Å²) in [7, 11) is 0. The number of halogens is 2. The van der Waals surface area contributed by atoms with Crippen LogP contribution in [0.3, 0.4) is 0 Å². The highest BCUT2D eigenvalue weighted by molar-refractivity contribution is 9.10. The molecule has 0 aromatic heterocycles. The van der Waals surface area contributed by atoms with Crippen molar-refractivity contribution in [3.05, 3.63) is 63.9 Å². The fraction of sp³-hybridized carbons (Fsp3) is 0.250. The zero-order valence-corrected chi connectivity index (χ0v) is 17.4. The minimum absolute atomic E-state index is 0.106. The molecule has 0 aliphatic heterocycles. The summed E-state index contributed by atoms with van der Waals surface area (Å²) in [5, 5.41) is 10.3. The molecule has 2 rings (SSSR count). The van der Waals surface area contributed by atoms with E-state index in [-0.39, 0.29) is 37.8 Å². The van der Waals surface area contributed by atoms with Gasteiger partial charge in [-0.3, -0.25) is 9.59 Å². The molecule has 0 spiro atoms. The molecule has 4 amide bonds. The third-order valence-electron chi connectivity index (χ3n) is 3.92. The lowest BCUT2D eigenvalue weighted by Gasteiger charge is -2.10. The van der Waals surface area contributed by atoms with Crippen LogP contribution < -0.4 is 21.3 Å². The van der Waals surface area contributed by atoms with Crippen LogP contribution in [0.4, 0.5) is 14.9 Å². The zero-order valence-electron chi connectivity index (χ0n) is 15.9. The van der Waals surface area contributed by atoms with Gasteiger partial charge in [-0.1, -0.05) is 34.1 Å². The van der Waals surface area contributed by atoms with Crippen LogP contribution >= 0.6 is 15.9 Å². The van der Waals surface area contributed by atoms with E-state index in [0.29, 0.717) is 5.69 Å². The smallest absolute Gasteiger partial charge is 0.315 e. The molecular formula is C20H22BrFN4O3. The van der Waals surface area contributed by atoms with Gasteiger partial charge in [0.05, 0.1) is 6.54 Å². The number of hydrogen-bond donors (Lipinski definition) is 4. The second kappa shape index (κ2) is 11.2. The number of amides is 4. The van der Waals surface area contributed by atoms with Crippen molar-refractivity contribution in [3.63, 3.8) is 0 Å². The number of hydrogen-bond acceptors (Lipinski definition) is 3. The Bertz CT molecular complexity index is 875. The van der Waals surface area contributed by atoms with Gasteiger partial charge in [0.2, 0.25) is 11.8 Å². The lowest BCUT2D eigenvalue weighted by Crippen LogP contribution is -2.42. The second-order valence-electron chi connectivity index (χ2n) is 6.27. The third-order valence-corrected chi connectivity index (χ3v) is 4.42. The first-order valence-electron chi connectivity index (χ1n) is 8.92. The number of carbonyl (C=O) groups is 3. The first kappa shape index (κ1) is 22.4. The van der Waals surface area contributed by atoms with E-state index in [2.05, 4.69) is 37.2 Å². The number of aryl methyl sites for hydroxylation is 1. The Morgan fingerprint density at radius 2 is 1.69 bits per heavy atom. The Morgan fingerprint density at radius 1 is 0.966 bits per heavy atom. The number of urea groups is 1. The maximum Gasteiger partial charge on any atom is 0.315 e. The first-order chi connectivity index (χ1) is 13.8. The number of benzene rings is 2. The summed E-state index contributed by atoms with van der Waals surface area (Å²) in [4.78, 5) is 35.4. The highest BCUT2D eigenvalue weighted by atomic mass is 79.9. The van der Waals surface area contributed by atoms with Gasteiger partial charge in [-0.25, -0.2) is 9.18 Å². The minimum atomic E-state index is -0.521. The van der Waals surface area contributed by atoms with E-state index in [1.54, 1.807) is 18.2 Å². The van der Waals surface area contributed by atoms with Crippen molar-refractivity contribution in [2.45, 2.75) is 19.9 Å². The summed E-state index contributed by atoms with van der Waals surface area (Å²) in [6, 6.07) is 10.8. The standard InChI is InChI=1S/C20H22BrFN4O3/c1-13-2-5-15(21)10-17(13)26-18(27)8-9-23-19(28)12-25-20(29)24-11-14-3-6-16(22)7-4-14/h2-7,10H,8-9,11-12H2,1H3,(H,23,28)(H,26,27)(H2,24,25,29). The molecule has 0 bridgehead atoms. The molecule has 9 heteroatoms. The van der Waals surface area contributed by atoms with Crippen LogP contribution in [0.5, 0.6) is 0 Å². The lowest BCUT2D eigenvalue weighted by molar-refractivity contribution is -0.120. The summed E-state index contributed by atoms with van der Waals surface area (Å²) < 4.78 is 13.7. The normalized spacial score (nSPS) is 10.2. The van der Waals surface area contributed by atoms with Gasteiger partial charge < -0.3 is 21.3 Å². The van der Waals surface area contributed by atoms with Crippen molar-refractivity contribution in [2.24, 2.45) is 0 Å². The molecule has 4 N–H and O–H groups in total. The van der Waals surface area contributed by atoms with Gasteiger partial charge in [-0.2, -0.15) is 0 Å². The van der Waals surface area contributed by atoms with Gasteiger partial charge in [-0.05, 0) is 42.3 Å². The van der Waals surface area contributed by atoms with Crippen molar-refractivity contribution in [2.75, 3.05) is 18.4 Å². The fourth-order valence-electron chi connectivity index (χ4n) is 2.33. The average molecular weight is 465 g/mol. The topological polar surface area (TPSA) is 99.3 Å². The molecule has 29 heavy (non-hydrogen) atoms. The maximum absolute atomic E-state index is 12.8. The van der Waals surface area contributed by atoms with Crippen LogP contribution in [0, 0.1) is 12.7 Å². The van der Waals surface area contributed by atoms with Gasteiger partial charge in [0.1, 0.15) is 5.82 Å². The second-order valence-corrected chi connectivity index (χ2v) is 7.19. The number of nitrogens with one attached hydrogen (secondary N) is 4. The molecule has 0 aliphatic rings. The van der Waals surface area contributed by atoms with Crippen molar-refractivity contribution in [1.29, 1.82) is 0 Å². The predicted octanol–water partition coefficient (Wildman–Crippen LogP) is 2.84. The van der Waals surface area contributed by atoms with Gasteiger partial charge in [0, 0.05) is 29.7 Å². The Morgan fingerprint density at radius 3 is 2.41 bits per heavy atom. The molecule has 2 aromatic carbocycles.